The van der Waals surface area contributed by atoms with Gasteiger partial charge in [0.2, 0.25) is 0 Å². The van der Waals surface area contributed by atoms with Gasteiger partial charge < -0.3 is 9.80 Å². The van der Waals surface area contributed by atoms with Crippen molar-refractivity contribution in [1.29, 1.82) is 0 Å². The molecule has 6 heteroatoms. The number of thiazole rings is 1. The summed E-state index contributed by atoms with van der Waals surface area (Å²) in [5, 5.41) is 0.807. The van der Waals surface area contributed by atoms with Crippen LogP contribution in [0.25, 0.3) is 0 Å². The molecule has 0 atom stereocenters. The Kier molecular flexibility index (Phi) is 4.78. The fourth-order valence-electron chi connectivity index (χ4n) is 4.24. The number of alkyl halides is 2. The van der Waals surface area contributed by atoms with Gasteiger partial charge in [-0.25, -0.2) is 13.8 Å². The minimum Gasteiger partial charge on any atom is -0.336 e. The first-order chi connectivity index (χ1) is 11.6. The van der Waals surface area contributed by atoms with Gasteiger partial charge in [0.05, 0.1) is 18.8 Å². The Morgan fingerprint density at radius 1 is 1.08 bits per heavy atom. The number of hydrogen-bond donors (Lipinski definition) is 0. The molecule has 4 rings (SSSR count). The molecule has 0 N–H and O–H groups in total. The van der Waals surface area contributed by atoms with E-state index in [4.69, 9.17) is 0 Å². The average Bonchev–Trinajstić information content (AvgIpc) is 2.86. The molecule has 2 fully saturated rings. The highest BCUT2D eigenvalue weighted by Crippen LogP contribution is 2.36. The van der Waals surface area contributed by atoms with Gasteiger partial charge in [-0.1, -0.05) is 32.1 Å². The third-order valence-corrected chi connectivity index (χ3v) is 7.00. The van der Waals surface area contributed by atoms with Gasteiger partial charge in [0.25, 0.3) is 5.92 Å². The van der Waals surface area contributed by atoms with Gasteiger partial charge in [-0.05, 0) is 25.3 Å². The molecule has 3 heterocycles. The molecule has 0 aromatic carbocycles. The Morgan fingerprint density at radius 3 is 2.58 bits per heavy atom. The lowest BCUT2D eigenvalue weighted by Crippen LogP contribution is -2.56. The smallest absolute Gasteiger partial charge is 0.282 e. The van der Waals surface area contributed by atoms with Crippen molar-refractivity contribution in [3.05, 3.63) is 10.6 Å². The standard InChI is InChI=1S/C18H27F2N3S/c19-18(20)12-23(13-18)17-21-15-7-10-22(11-8-16(15)24-17)9-6-14-4-2-1-3-5-14/h14H,1-13H2. The second-order valence-corrected chi connectivity index (χ2v) is 8.77. The van der Waals surface area contributed by atoms with E-state index >= 15 is 0 Å². The maximum Gasteiger partial charge on any atom is 0.282 e. The van der Waals surface area contributed by atoms with E-state index in [2.05, 4.69) is 9.88 Å². The number of hydrogen-bond acceptors (Lipinski definition) is 4. The third-order valence-electron chi connectivity index (χ3n) is 5.78. The number of halogens is 2. The summed E-state index contributed by atoms with van der Waals surface area (Å²) in [6.07, 6.45) is 10.5. The minimum atomic E-state index is -2.51. The molecule has 3 nitrogen and oxygen atoms in total. The largest absolute Gasteiger partial charge is 0.336 e. The molecule has 0 spiro atoms. The summed E-state index contributed by atoms with van der Waals surface area (Å²) in [6, 6.07) is 0. The second kappa shape index (κ2) is 6.87. The lowest BCUT2D eigenvalue weighted by atomic mass is 9.87. The molecule has 1 aliphatic carbocycles. The van der Waals surface area contributed by atoms with Crippen LogP contribution >= 0.6 is 11.3 Å². The summed E-state index contributed by atoms with van der Waals surface area (Å²) >= 11 is 1.64. The van der Waals surface area contributed by atoms with Gasteiger partial charge >= 0.3 is 0 Å². The first-order valence-electron chi connectivity index (χ1n) is 9.43. The van der Waals surface area contributed by atoms with Gasteiger partial charge in [-0.15, -0.1) is 11.3 Å². The Morgan fingerprint density at radius 2 is 1.83 bits per heavy atom. The number of rotatable bonds is 4. The van der Waals surface area contributed by atoms with Crippen LogP contribution in [0.5, 0.6) is 0 Å². The molecule has 24 heavy (non-hydrogen) atoms. The summed E-state index contributed by atoms with van der Waals surface area (Å²) in [4.78, 5) is 10.3. The zero-order valence-electron chi connectivity index (χ0n) is 14.3. The molecule has 2 aliphatic heterocycles. The maximum atomic E-state index is 13.0. The van der Waals surface area contributed by atoms with Gasteiger partial charge in [-0.3, -0.25) is 0 Å². The molecule has 1 saturated heterocycles. The number of anilines is 1. The van der Waals surface area contributed by atoms with Crippen LogP contribution in [0.4, 0.5) is 13.9 Å². The van der Waals surface area contributed by atoms with Crippen molar-refractivity contribution in [3.8, 4) is 0 Å². The molecule has 1 aromatic rings. The van der Waals surface area contributed by atoms with E-state index < -0.39 is 5.92 Å². The van der Waals surface area contributed by atoms with Gasteiger partial charge in [0.1, 0.15) is 0 Å². The summed E-state index contributed by atoms with van der Waals surface area (Å²) in [6.45, 7) is 3.06. The Hall–Kier alpha value is -0.750. The first kappa shape index (κ1) is 16.7. The Bertz CT molecular complexity index is 535. The van der Waals surface area contributed by atoms with Gasteiger partial charge in [-0.2, -0.15) is 0 Å². The highest BCUT2D eigenvalue weighted by molar-refractivity contribution is 7.15. The van der Waals surface area contributed by atoms with Crippen LogP contribution in [0.15, 0.2) is 0 Å². The molecular weight excluding hydrogens is 328 g/mol. The van der Waals surface area contributed by atoms with Crippen LogP contribution in [0.1, 0.15) is 49.1 Å². The minimum absolute atomic E-state index is 0.160. The Labute approximate surface area is 147 Å². The van der Waals surface area contributed by atoms with Crippen LogP contribution < -0.4 is 4.90 Å². The van der Waals surface area contributed by atoms with E-state index in [1.807, 2.05) is 0 Å². The molecule has 0 amide bonds. The van der Waals surface area contributed by atoms with Crippen LogP contribution in [0.2, 0.25) is 0 Å². The number of nitrogens with zero attached hydrogens (tertiary/aromatic N) is 3. The topological polar surface area (TPSA) is 19.4 Å². The van der Waals surface area contributed by atoms with E-state index in [0.29, 0.717) is 0 Å². The van der Waals surface area contributed by atoms with Crippen LogP contribution in [-0.4, -0.2) is 48.5 Å². The van der Waals surface area contributed by atoms with Gasteiger partial charge in [0, 0.05) is 24.4 Å². The molecule has 3 aliphatic rings. The van der Waals surface area contributed by atoms with E-state index in [0.717, 1.165) is 42.7 Å². The van der Waals surface area contributed by atoms with E-state index in [9.17, 15) is 8.78 Å². The molecule has 0 unspecified atom stereocenters. The lowest BCUT2D eigenvalue weighted by molar-refractivity contribution is -0.0262. The summed E-state index contributed by atoms with van der Waals surface area (Å²) in [5.74, 6) is -1.58. The zero-order chi connectivity index (χ0) is 16.6. The first-order valence-corrected chi connectivity index (χ1v) is 10.2. The van der Waals surface area contributed by atoms with Crippen molar-refractivity contribution < 1.29 is 8.78 Å². The van der Waals surface area contributed by atoms with Crippen molar-refractivity contribution in [2.45, 2.75) is 57.3 Å². The molecule has 134 valence electrons. The molecular formula is C18H27F2N3S. The zero-order valence-corrected chi connectivity index (χ0v) is 15.1. The number of fused-ring (bicyclic) bond motifs is 1. The fraction of sp³-hybridized carbons (Fsp3) is 0.833. The molecule has 0 bridgehead atoms. The Balaban J connectivity index is 1.28. The number of aromatic nitrogens is 1. The summed E-state index contributed by atoms with van der Waals surface area (Å²) < 4.78 is 26.1. The summed E-state index contributed by atoms with van der Waals surface area (Å²) in [5.41, 5.74) is 1.16. The van der Waals surface area contributed by atoms with Crippen molar-refractivity contribution in [2.75, 3.05) is 37.6 Å². The lowest BCUT2D eigenvalue weighted by Gasteiger charge is -2.38. The van der Waals surface area contributed by atoms with Crippen molar-refractivity contribution >= 4 is 16.5 Å². The molecule has 1 saturated carbocycles. The highest BCUT2D eigenvalue weighted by Gasteiger charge is 2.45. The van der Waals surface area contributed by atoms with Crippen molar-refractivity contribution in [1.82, 2.24) is 9.88 Å². The molecule has 1 aromatic heterocycles. The van der Waals surface area contributed by atoms with E-state index in [1.54, 1.807) is 16.2 Å². The molecule has 0 radical (unpaired) electrons. The fourth-order valence-corrected chi connectivity index (χ4v) is 5.34. The normalized spacial score (nSPS) is 25.2. The van der Waals surface area contributed by atoms with Crippen molar-refractivity contribution in [3.63, 3.8) is 0 Å². The van der Waals surface area contributed by atoms with E-state index in [1.165, 1.54) is 49.9 Å². The predicted molar refractivity (Wildman–Crippen MR) is 94.3 cm³/mol. The quantitative estimate of drug-likeness (QED) is 0.815. The van der Waals surface area contributed by atoms with Crippen molar-refractivity contribution in [2.24, 2.45) is 5.92 Å². The second-order valence-electron chi connectivity index (χ2n) is 7.71. The van der Waals surface area contributed by atoms with Crippen LogP contribution in [-0.2, 0) is 12.8 Å². The highest BCUT2D eigenvalue weighted by atomic mass is 32.1. The van der Waals surface area contributed by atoms with Gasteiger partial charge in [0.15, 0.2) is 5.13 Å². The van der Waals surface area contributed by atoms with E-state index in [-0.39, 0.29) is 13.1 Å². The summed E-state index contributed by atoms with van der Waals surface area (Å²) in [7, 11) is 0. The monoisotopic (exact) mass is 355 g/mol. The third kappa shape index (κ3) is 3.74. The van der Waals surface area contributed by atoms with Crippen LogP contribution in [0.3, 0.4) is 0 Å². The average molecular weight is 355 g/mol. The van der Waals surface area contributed by atoms with Crippen LogP contribution in [0, 0.1) is 5.92 Å². The SMILES string of the molecule is FC1(F)CN(c2nc3c(s2)CCN(CCC2CCCCC2)CC3)C1. The maximum absolute atomic E-state index is 13.0. The predicted octanol–water partition coefficient (Wildman–Crippen LogP) is 3.97.